The first-order chi connectivity index (χ1) is 17.9. The summed E-state index contributed by atoms with van der Waals surface area (Å²) in [6.07, 6.45) is -3.75. The molecular weight excluding hydrogens is 551 g/mol. The third-order valence-electron chi connectivity index (χ3n) is 6.55. The Hall–Kier alpha value is -2.96. The molecule has 3 aromatic rings. The number of aromatic amines is 1. The molecule has 0 spiro atoms. The number of rotatable bonds is 6. The van der Waals surface area contributed by atoms with Crippen LogP contribution >= 0.6 is 23.4 Å². The number of hydrogen-bond donors (Lipinski definition) is 1. The first-order valence-electron chi connectivity index (χ1n) is 11.6. The molecule has 0 radical (unpaired) electrons. The number of likely N-dealkylation sites (tertiary alicyclic amines) is 1. The Bertz CT molecular complexity index is 1460. The molecule has 0 saturated carbocycles. The first kappa shape index (κ1) is 26.6. The van der Waals surface area contributed by atoms with Gasteiger partial charge < -0.3 is 0 Å². The zero-order valence-corrected chi connectivity index (χ0v) is 21.2. The van der Waals surface area contributed by atoms with Gasteiger partial charge in [-0.15, -0.1) is 0 Å². The topological polar surface area (TPSA) is 69.3 Å². The second kappa shape index (κ2) is 9.97. The fourth-order valence-corrected chi connectivity index (χ4v) is 5.76. The average molecular weight is 571 g/mol. The van der Waals surface area contributed by atoms with Crippen LogP contribution in [0, 0.1) is 0 Å². The highest BCUT2D eigenvalue weighted by molar-refractivity contribution is 8.18. The molecule has 0 bridgehead atoms. The van der Waals surface area contributed by atoms with E-state index in [4.69, 9.17) is 11.6 Å². The van der Waals surface area contributed by atoms with Crippen LogP contribution in [-0.2, 0) is 17.4 Å². The maximum atomic E-state index is 13.8. The van der Waals surface area contributed by atoms with Crippen LogP contribution in [0.3, 0.4) is 0 Å². The van der Waals surface area contributed by atoms with E-state index in [0.29, 0.717) is 28.2 Å². The van der Waals surface area contributed by atoms with E-state index in [9.17, 15) is 31.5 Å². The van der Waals surface area contributed by atoms with Crippen molar-refractivity contribution in [3.05, 3.63) is 69.2 Å². The van der Waals surface area contributed by atoms with Crippen molar-refractivity contribution in [1.29, 1.82) is 0 Å². The molecule has 13 heteroatoms. The molecule has 0 unspecified atom stereocenters. The molecule has 2 aliphatic heterocycles. The molecule has 2 aromatic carbocycles. The molecule has 38 heavy (non-hydrogen) atoms. The third kappa shape index (κ3) is 5.43. The Balaban J connectivity index is 1.52. The lowest BCUT2D eigenvalue weighted by Gasteiger charge is -2.19. The SMILES string of the molecule is O=C1S/C(=C(/Cc2ccc(Cl)cc2C(F)(F)F)c2ccc3[nH]ncc3c2)C(=O)N1CCN1CCC(F)(F)C1. The molecule has 2 amide bonds. The number of alkyl halides is 5. The second-order valence-electron chi connectivity index (χ2n) is 9.16. The number of carbonyl (C=O) groups is 2. The van der Waals surface area contributed by atoms with Crippen LogP contribution in [0.5, 0.6) is 0 Å². The predicted molar refractivity (Wildman–Crippen MR) is 134 cm³/mol. The Kier molecular flexibility index (Phi) is 6.99. The molecule has 1 N–H and O–H groups in total. The number of nitrogens with one attached hydrogen (secondary N) is 1. The summed E-state index contributed by atoms with van der Waals surface area (Å²) in [4.78, 5) is 28.6. The summed E-state index contributed by atoms with van der Waals surface area (Å²) in [5, 5.41) is 6.72. The molecule has 2 saturated heterocycles. The number of aromatic nitrogens is 2. The van der Waals surface area contributed by atoms with Gasteiger partial charge in [0.2, 0.25) is 0 Å². The number of halogens is 6. The summed E-state index contributed by atoms with van der Waals surface area (Å²) >= 11 is 6.47. The third-order valence-corrected chi connectivity index (χ3v) is 7.80. The number of fused-ring (bicyclic) bond motifs is 1. The van der Waals surface area contributed by atoms with E-state index in [1.807, 2.05) is 0 Å². The minimum Gasteiger partial charge on any atom is -0.295 e. The number of thioether (sulfide) groups is 1. The molecule has 2 aliphatic rings. The van der Waals surface area contributed by atoms with Crippen LogP contribution in [0.15, 0.2) is 47.5 Å². The average Bonchev–Trinajstić information content (AvgIpc) is 3.53. The highest BCUT2D eigenvalue weighted by Gasteiger charge is 2.41. The van der Waals surface area contributed by atoms with Crippen molar-refractivity contribution in [2.24, 2.45) is 0 Å². The van der Waals surface area contributed by atoms with Gasteiger partial charge in [0.1, 0.15) is 0 Å². The summed E-state index contributed by atoms with van der Waals surface area (Å²) in [5.74, 6) is -3.48. The van der Waals surface area contributed by atoms with Gasteiger partial charge in [0.25, 0.3) is 17.1 Å². The lowest BCUT2D eigenvalue weighted by molar-refractivity contribution is -0.138. The minimum absolute atomic E-state index is 0.00679. The van der Waals surface area contributed by atoms with Gasteiger partial charge in [0.15, 0.2) is 0 Å². The van der Waals surface area contributed by atoms with Gasteiger partial charge in [-0.1, -0.05) is 23.7 Å². The summed E-state index contributed by atoms with van der Waals surface area (Å²) in [7, 11) is 0. The van der Waals surface area contributed by atoms with Crippen LogP contribution < -0.4 is 0 Å². The molecule has 200 valence electrons. The van der Waals surface area contributed by atoms with Crippen molar-refractivity contribution in [2.45, 2.75) is 24.9 Å². The van der Waals surface area contributed by atoms with E-state index in [0.717, 1.165) is 11.0 Å². The van der Waals surface area contributed by atoms with E-state index in [1.54, 1.807) is 18.2 Å². The number of allylic oxidation sites excluding steroid dienone is 1. The van der Waals surface area contributed by atoms with Crippen LogP contribution in [0.25, 0.3) is 16.5 Å². The Morgan fingerprint density at radius 2 is 1.92 bits per heavy atom. The van der Waals surface area contributed by atoms with E-state index in [1.165, 1.54) is 23.2 Å². The second-order valence-corrected chi connectivity index (χ2v) is 10.6. The highest BCUT2D eigenvalue weighted by Crippen LogP contribution is 2.41. The summed E-state index contributed by atoms with van der Waals surface area (Å²) in [6, 6.07) is 8.41. The largest absolute Gasteiger partial charge is 0.416 e. The van der Waals surface area contributed by atoms with Crippen LogP contribution in [0.1, 0.15) is 23.1 Å². The molecule has 2 fully saturated rings. The first-order valence-corrected chi connectivity index (χ1v) is 12.8. The van der Waals surface area contributed by atoms with Crippen molar-refractivity contribution in [3.8, 4) is 0 Å². The zero-order valence-electron chi connectivity index (χ0n) is 19.6. The molecule has 3 heterocycles. The van der Waals surface area contributed by atoms with Gasteiger partial charge in [-0.2, -0.15) is 18.3 Å². The monoisotopic (exact) mass is 570 g/mol. The highest BCUT2D eigenvalue weighted by atomic mass is 35.5. The van der Waals surface area contributed by atoms with Crippen molar-refractivity contribution in [3.63, 3.8) is 0 Å². The van der Waals surface area contributed by atoms with Gasteiger partial charge in [-0.3, -0.25) is 24.5 Å². The number of nitrogens with zero attached hydrogens (tertiary/aromatic N) is 3. The van der Waals surface area contributed by atoms with Crippen LogP contribution in [-0.4, -0.2) is 63.2 Å². The number of carbonyl (C=O) groups excluding carboxylic acids is 2. The summed E-state index contributed by atoms with van der Waals surface area (Å²) < 4.78 is 68.6. The summed E-state index contributed by atoms with van der Waals surface area (Å²) in [5.41, 5.74) is 0.314. The van der Waals surface area contributed by atoms with E-state index < -0.39 is 35.4 Å². The lowest BCUT2D eigenvalue weighted by atomic mass is 9.93. The standard InChI is InChI=1S/C25H20ClF5N4O2S/c26-17-3-1-15(19(11-17)25(29,30)31)10-18(14-2-4-20-16(9-14)12-32-33-20)21-22(36)35(23(37)38-21)8-7-34-6-5-24(27,28)13-34/h1-4,9,11-12H,5-8,10,13H2,(H,32,33)/b21-18-. The van der Waals surface area contributed by atoms with E-state index in [-0.39, 0.29) is 53.5 Å². The number of hydrogen-bond acceptors (Lipinski definition) is 5. The molecule has 6 nitrogen and oxygen atoms in total. The van der Waals surface area contributed by atoms with Gasteiger partial charge >= 0.3 is 6.18 Å². The Labute approximate surface area is 222 Å². The Morgan fingerprint density at radius 1 is 1.13 bits per heavy atom. The fourth-order valence-electron chi connectivity index (χ4n) is 4.62. The molecule has 1 aromatic heterocycles. The quantitative estimate of drug-likeness (QED) is 0.281. The molecular formula is C25H20ClF5N4O2S. The predicted octanol–water partition coefficient (Wildman–Crippen LogP) is 6.23. The van der Waals surface area contributed by atoms with E-state index >= 15 is 0 Å². The number of amides is 2. The summed E-state index contributed by atoms with van der Waals surface area (Å²) in [6.45, 7) is -0.336. The van der Waals surface area contributed by atoms with Crippen molar-refractivity contribution in [2.75, 3.05) is 26.2 Å². The smallest absolute Gasteiger partial charge is 0.295 e. The number of H-pyrrole nitrogens is 1. The maximum Gasteiger partial charge on any atom is 0.416 e. The van der Waals surface area contributed by atoms with Crippen molar-refractivity contribution >= 4 is 51.0 Å². The van der Waals surface area contributed by atoms with Crippen LogP contribution in [0.2, 0.25) is 5.02 Å². The molecule has 5 rings (SSSR count). The van der Waals surface area contributed by atoms with Crippen molar-refractivity contribution < 1.29 is 31.5 Å². The maximum absolute atomic E-state index is 13.8. The van der Waals surface area contributed by atoms with Gasteiger partial charge in [0, 0.05) is 36.5 Å². The zero-order chi connectivity index (χ0) is 27.2. The van der Waals surface area contributed by atoms with Gasteiger partial charge in [-0.25, -0.2) is 8.78 Å². The minimum atomic E-state index is -4.70. The van der Waals surface area contributed by atoms with Gasteiger partial charge in [0.05, 0.1) is 28.7 Å². The Morgan fingerprint density at radius 3 is 2.63 bits per heavy atom. The molecule has 0 atom stereocenters. The molecule has 0 aliphatic carbocycles. The van der Waals surface area contributed by atoms with E-state index in [2.05, 4.69) is 10.2 Å². The lowest BCUT2D eigenvalue weighted by Crippen LogP contribution is -2.37. The number of benzene rings is 2. The fraction of sp³-hybridized carbons (Fsp3) is 0.320. The normalized spacial score (nSPS) is 19.7. The van der Waals surface area contributed by atoms with Crippen molar-refractivity contribution in [1.82, 2.24) is 20.0 Å². The number of imide groups is 1. The van der Waals surface area contributed by atoms with Crippen LogP contribution in [0.4, 0.5) is 26.7 Å². The van der Waals surface area contributed by atoms with Gasteiger partial charge in [-0.05, 0) is 59.1 Å².